The molecule has 13 heteroatoms. The van der Waals surface area contributed by atoms with Crippen LogP contribution in [0.25, 0.3) is 21.6 Å². The van der Waals surface area contributed by atoms with Crippen molar-refractivity contribution in [2.45, 2.75) is 52.2 Å². The largest absolute Gasteiger partial charge is 0.480 e. The van der Waals surface area contributed by atoms with E-state index >= 15 is 0 Å². The number of aryl methyl sites for hydroxylation is 1. The molecule has 0 amide bonds. The molecule has 1 N–H and O–H groups in total. The van der Waals surface area contributed by atoms with E-state index in [4.69, 9.17) is 19.4 Å². The lowest BCUT2D eigenvalue weighted by atomic mass is 10.0. The van der Waals surface area contributed by atoms with Crippen molar-refractivity contribution in [3.05, 3.63) is 22.7 Å². The van der Waals surface area contributed by atoms with Gasteiger partial charge in [0.15, 0.2) is 11.6 Å². The first kappa shape index (κ1) is 29.9. The van der Waals surface area contributed by atoms with Crippen LogP contribution in [0.1, 0.15) is 37.1 Å². The molecule has 2 saturated heterocycles. The normalized spacial score (nSPS) is 17.6. The van der Waals surface area contributed by atoms with Crippen LogP contribution in [0.2, 0.25) is 0 Å². The number of sulfonamides is 1. The van der Waals surface area contributed by atoms with Gasteiger partial charge in [0.05, 0.1) is 36.8 Å². The Balaban J connectivity index is 1.53. The second-order valence-electron chi connectivity index (χ2n) is 11.2. The van der Waals surface area contributed by atoms with Gasteiger partial charge in [-0.05, 0) is 59.8 Å². The number of rotatable bonds is 9. The molecule has 0 unspecified atom stereocenters. The van der Waals surface area contributed by atoms with Crippen molar-refractivity contribution in [1.29, 1.82) is 0 Å². The van der Waals surface area contributed by atoms with E-state index in [1.807, 2.05) is 0 Å². The summed E-state index contributed by atoms with van der Waals surface area (Å²) in [7, 11) is 0.149. The fourth-order valence-corrected chi connectivity index (χ4v) is 7.23. The van der Waals surface area contributed by atoms with Gasteiger partial charge >= 0.3 is 0 Å². The van der Waals surface area contributed by atoms with Gasteiger partial charge in [0.2, 0.25) is 15.9 Å². The van der Waals surface area contributed by atoms with Crippen LogP contribution in [0.5, 0.6) is 5.88 Å². The molecule has 11 nitrogen and oxygen atoms in total. The molecule has 0 aliphatic carbocycles. The maximum Gasteiger partial charge on any atom is 0.238 e. The van der Waals surface area contributed by atoms with Gasteiger partial charge in [-0.1, -0.05) is 0 Å². The second kappa shape index (κ2) is 12.3. The lowest BCUT2D eigenvalue weighted by molar-refractivity contribution is 0.104. The summed E-state index contributed by atoms with van der Waals surface area (Å²) in [4.78, 5) is 23.0. The predicted molar refractivity (Wildman–Crippen MR) is 165 cm³/mol. The predicted octanol–water partition coefficient (Wildman–Crippen LogP) is 3.58. The van der Waals surface area contributed by atoms with Gasteiger partial charge in [-0.15, -0.1) is 11.3 Å². The molecule has 3 aromatic rings. The third-order valence-electron chi connectivity index (χ3n) is 8.05. The van der Waals surface area contributed by atoms with Crippen LogP contribution in [0.4, 0.5) is 11.5 Å². The molecule has 0 spiro atoms. The Morgan fingerprint density at radius 1 is 1.20 bits per heavy atom. The minimum Gasteiger partial charge on any atom is -0.480 e. The van der Waals surface area contributed by atoms with E-state index in [1.165, 1.54) is 17.6 Å². The van der Waals surface area contributed by atoms with Crippen LogP contribution in [-0.4, -0.2) is 105 Å². The average molecular weight is 604 g/mol. The van der Waals surface area contributed by atoms with Crippen LogP contribution < -0.4 is 14.4 Å². The molecule has 41 heavy (non-hydrogen) atoms. The molecule has 0 aromatic carbocycles. The Kier molecular flexibility index (Phi) is 9.00. The zero-order chi connectivity index (χ0) is 29.3. The number of piperidine rings is 1. The van der Waals surface area contributed by atoms with Gasteiger partial charge in [-0.25, -0.2) is 23.4 Å². The Hall–Kier alpha value is -2.58. The van der Waals surface area contributed by atoms with Crippen molar-refractivity contribution in [2.75, 3.05) is 69.4 Å². The smallest absolute Gasteiger partial charge is 0.238 e. The van der Waals surface area contributed by atoms with Crippen LogP contribution in [-0.2, 0) is 21.3 Å². The molecular weight excluding hydrogens is 562 g/mol. The first-order valence-corrected chi connectivity index (χ1v) is 16.8. The van der Waals surface area contributed by atoms with Crippen LogP contribution in [0.3, 0.4) is 0 Å². The number of likely N-dealkylation sites (tertiary alicyclic amines) is 1. The van der Waals surface area contributed by atoms with E-state index < -0.39 is 10.0 Å². The Bertz CT molecular complexity index is 1480. The second-order valence-corrected chi connectivity index (χ2v) is 14.2. The number of methoxy groups -OCH3 is 1. The first-order chi connectivity index (χ1) is 19.5. The molecule has 2 aliphatic heterocycles. The molecule has 224 valence electrons. The number of hydrogen-bond donors (Lipinski definition) is 1. The highest BCUT2D eigenvalue weighted by Gasteiger charge is 2.27. The fourth-order valence-electron chi connectivity index (χ4n) is 5.56. The summed E-state index contributed by atoms with van der Waals surface area (Å²) in [5, 5.41) is 0. The van der Waals surface area contributed by atoms with Gasteiger partial charge in [0.1, 0.15) is 5.69 Å². The molecule has 5 rings (SSSR count). The minimum absolute atomic E-state index is 0.187. The standard InChI is InChI=1S/C28H41N7O4S2/c1-18(2)33(4)21-7-9-34(10-8-21)17-22-19(3)40-25-24(22)30-26(31-27(25)35-11-13-39-14-12-35)20-15-23(32-41(6,36)37)28(38-5)29-16-20/h15-16,18,21,32H,7-14,17H2,1-6H3. The monoisotopic (exact) mass is 603 g/mol. The summed E-state index contributed by atoms with van der Waals surface area (Å²) in [5.41, 5.74) is 3.05. The Morgan fingerprint density at radius 3 is 2.54 bits per heavy atom. The van der Waals surface area contributed by atoms with Crippen LogP contribution >= 0.6 is 11.3 Å². The van der Waals surface area contributed by atoms with Gasteiger partial charge in [-0.3, -0.25) is 9.62 Å². The number of hydrogen-bond acceptors (Lipinski definition) is 11. The SMILES string of the molecule is COc1ncc(-c2nc(N3CCOCC3)c3sc(C)c(CN4CCC(N(C)C(C)C)CC4)c3n2)cc1NS(C)(=O)=O. The minimum atomic E-state index is -3.54. The summed E-state index contributed by atoms with van der Waals surface area (Å²) in [5.74, 6) is 1.58. The van der Waals surface area contributed by atoms with Gasteiger partial charge in [0, 0.05) is 53.9 Å². The lowest BCUT2D eigenvalue weighted by Gasteiger charge is -2.38. The summed E-state index contributed by atoms with van der Waals surface area (Å²) in [6, 6.07) is 2.85. The maximum atomic E-state index is 12.0. The fraction of sp³-hybridized carbons (Fsp3) is 0.607. The van der Waals surface area contributed by atoms with Crippen LogP contribution in [0.15, 0.2) is 12.3 Å². The van der Waals surface area contributed by atoms with Crippen molar-refractivity contribution < 1.29 is 17.9 Å². The van der Waals surface area contributed by atoms with Gasteiger partial charge < -0.3 is 19.3 Å². The van der Waals surface area contributed by atoms with E-state index in [0.29, 0.717) is 36.7 Å². The van der Waals surface area contributed by atoms with Crippen molar-refractivity contribution >= 4 is 43.1 Å². The zero-order valence-electron chi connectivity index (χ0n) is 24.8. The highest BCUT2D eigenvalue weighted by molar-refractivity contribution is 7.92. The molecule has 0 bridgehead atoms. The third kappa shape index (κ3) is 6.75. The molecule has 2 fully saturated rings. The van der Waals surface area contributed by atoms with Crippen molar-refractivity contribution in [1.82, 2.24) is 24.8 Å². The van der Waals surface area contributed by atoms with E-state index in [1.54, 1.807) is 23.6 Å². The highest BCUT2D eigenvalue weighted by atomic mass is 32.2. The number of nitrogens with one attached hydrogen (secondary N) is 1. The quantitative estimate of drug-likeness (QED) is 0.389. The molecule has 5 heterocycles. The van der Waals surface area contributed by atoms with E-state index in [-0.39, 0.29) is 11.6 Å². The van der Waals surface area contributed by atoms with E-state index in [0.717, 1.165) is 67.9 Å². The van der Waals surface area contributed by atoms with E-state index in [2.05, 4.69) is 52.2 Å². The molecule has 0 atom stereocenters. The highest BCUT2D eigenvalue weighted by Crippen LogP contribution is 2.39. The average Bonchev–Trinajstić information content (AvgIpc) is 3.26. The number of morpholine rings is 1. The molecule has 0 radical (unpaired) electrons. The number of ether oxygens (including phenoxy) is 2. The number of thiophene rings is 1. The Morgan fingerprint density at radius 2 is 1.90 bits per heavy atom. The molecule has 3 aromatic heterocycles. The summed E-state index contributed by atoms with van der Waals surface area (Å²) < 4.78 is 38.6. The van der Waals surface area contributed by atoms with Crippen molar-refractivity contribution in [3.63, 3.8) is 0 Å². The molecular formula is C28H41N7O4S2. The van der Waals surface area contributed by atoms with Gasteiger partial charge in [-0.2, -0.15) is 0 Å². The first-order valence-electron chi connectivity index (χ1n) is 14.1. The number of nitrogens with zero attached hydrogens (tertiary/aromatic N) is 6. The number of fused-ring (bicyclic) bond motifs is 1. The maximum absolute atomic E-state index is 12.0. The lowest BCUT2D eigenvalue weighted by Crippen LogP contribution is -2.45. The summed E-state index contributed by atoms with van der Waals surface area (Å²) >= 11 is 1.75. The third-order valence-corrected chi connectivity index (χ3v) is 9.77. The van der Waals surface area contributed by atoms with Crippen LogP contribution in [0, 0.1) is 6.92 Å². The summed E-state index contributed by atoms with van der Waals surface area (Å²) in [6.45, 7) is 12.4. The number of aromatic nitrogens is 3. The zero-order valence-corrected chi connectivity index (χ0v) is 26.4. The number of pyridine rings is 1. The van der Waals surface area contributed by atoms with Crippen molar-refractivity contribution in [3.8, 4) is 17.3 Å². The van der Waals surface area contributed by atoms with Crippen molar-refractivity contribution in [2.24, 2.45) is 0 Å². The molecule has 0 saturated carbocycles. The topological polar surface area (TPSA) is 113 Å². The van der Waals surface area contributed by atoms with E-state index in [9.17, 15) is 8.42 Å². The number of anilines is 2. The Labute approximate surface area is 246 Å². The van der Waals surface area contributed by atoms with Gasteiger partial charge in [0.25, 0.3) is 0 Å². The molecule has 2 aliphatic rings. The summed E-state index contributed by atoms with van der Waals surface area (Å²) in [6.07, 6.45) is 5.04.